The van der Waals surface area contributed by atoms with Gasteiger partial charge in [0.15, 0.2) is 0 Å². The molecular weight excluding hydrogens is 792 g/mol. The van der Waals surface area contributed by atoms with Crippen molar-refractivity contribution >= 4 is 78.0 Å². The first-order valence-corrected chi connectivity index (χ1v) is 24.8. The van der Waals surface area contributed by atoms with Crippen molar-refractivity contribution in [1.29, 1.82) is 0 Å². The summed E-state index contributed by atoms with van der Waals surface area (Å²) in [6.45, 7) is 31.5. The van der Waals surface area contributed by atoms with E-state index < -0.39 is 0 Å². The van der Waals surface area contributed by atoms with Crippen molar-refractivity contribution in [3.8, 4) is 11.1 Å². The summed E-state index contributed by atoms with van der Waals surface area (Å²) in [6, 6.07) is 43.2. The molecule has 2 nitrogen and oxygen atoms in total. The number of thiophene rings is 1. The Morgan fingerprint density at radius 1 is 0.531 bits per heavy atom. The van der Waals surface area contributed by atoms with E-state index >= 15 is 0 Å². The molecule has 11 rings (SSSR count). The number of rotatable bonds is 3. The molecule has 4 aliphatic rings. The minimum atomic E-state index is 0.0591. The Morgan fingerprint density at radius 3 is 1.70 bits per heavy atom. The minimum absolute atomic E-state index is 0.0591. The van der Waals surface area contributed by atoms with Crippen molar-refractivity contribution in [3.05, 3.63) is 148 Å². The Hall–Kier alpha value is -5.06. The normalized spacial score (nSPS) is 18.5. The van der Waals surface area contributed by atoms with Gasteiger partial charge in [0.05, 0.1) is 5.69 Å². The zero-order valence-corrected chi connectivity index (χ0v) is 41.4. The fourth-order valence-electron chi connectivity index (χ4n) is 12.0. The molecule has 1 aromatic heterocycles. The third-order valence-corrected chi connectivity index (χ3v) is 17.5. The molecule has 0 saturated carbocycles. The first-order chi connectivity index (χ1) is 30.1. The number of benzene rings is 6. The molecule has 0 spiro atoms. The zero-order valence-electron chi connectivity index (χ0n) is 40.6. The zero-order chi connectivity index (χ0) is 45.0. The summed E-state index contributed by atoms with van der Waals surface area (Å²) >= 11 is 2.06. The van der Waals surface area contributed by atoms with Gasteiger partial charge in [-0.05, 0) is 176 Å². The first-order valence-electron chi connectivity index (χ1n) is 24.0. The van der Waals surface area contributed by atoms with Gasteiger partial charge < -0.3 is 9.80 Å². The molecule has 4 heteroatoms. The Bertz CT molecular complexity index is 3060. The number of anilines is 6. The number of hydrogen-bond donors (Lipinski definition) is 0. The van der Waals surface area contributed by atoms with Crippen LogP contribution in [0, 0.1) is 13.8 Å². The van der Waals surface area contributed by atoms with Crippen LogP contribution in [0.1, 0.15) is 141 Å². The Kier molecular flexibility index (Phi) is 8.94. The van der Waals surface area contributed by atoms with Gasteiger partial charge in [-0.3, -0.25) is 0 Å². The van der Waals surface area contributed by atoms with Crippen LogP contribution in [0.3, 0.4) is 0 Å². The van der Waals surface area contributed by atoms with Crippen molar-refractivity contribution < 1.29 is 0 Å². The smallest absolute Gasteiger partial charge is 0.264 e. The second-order valence-electron chi connectivity index (χ2n) is 23.7. The van der Waals surface area contributed by atoms with E-state index in [1.807, 2.05) is 0 Å². The molecule has 64 heavy (non-hydrogen) atoms. The van der Waals surface area contributed by atoms with Gasteiger partial charge in [-0.2, -0.15) is 0 Å². The van der Waals surface area contributed by atoms with E-state index in [-0.39, 0.29) is 33.8 Å². The SMILES string of the molecule is Cc1cc2c3c(c1)N(c1ccc(C(C)(C)C)cc1)c1c(sc4cc5c(cc14)C(C)(C)CCC5(C)C)B3c1cc3c(cc1N2c1cc(-c2ccccc2)ccc1C)C(C)(C)CCC3(C)C. The van der Waals surface area contributed by atoms with Crippen LogP contribution < -0.4 is 25.5 Å². The topological polar surface area (TPSA) is 6.48 Å². The molecule has 7 aromatic rings. The van der Waals surface area contributed by atoms with Crippen LogP contribution in [-0.4, -0.2) is 6.71 Å². The molecule has 324 valence electrons. The van der Waals surface area contributed by atoms with Gasteiger partial charge in [-0.1, -0.05) is 137 Å². The molecule has 2 aliphatic heterocycles. The molecule has 0 unspecified atom stereocenters. The van der Waals surface area contributed by atoms with Gasteiger partial charge in [0.1, 0.15) is 0 Å². The van der Waals surface area contributed by atoms with E-state index in [1.54, 1.807) is 0 Å². The predicted octanol–water partition coefficient (Wildman–Crippen LogP) is 15.3. The lowest BCUT2D eigenvalue weighted by molar-refractivity contribution is 0.332. The van der Waals surface area contributed by atoms with Crippen LogP contribution in [0.5, 0.6) is 0 Å². The monoisotopic (exact) mass is 856 g/mol. The van der Waals surface area contributed by atoms with Crippen LogP contribution in [-0.2, 0) is 27.1 Å². The van der Waals surface area contributed by atoms with Crippen LogP contribution >= 0.6 is 11.3 Å². The maximum Gasteiger partial charge on any atom is 0.264 e. The number of hydrogen-bond acceptors (Lipinski definition) is 3. The van der Waals surface area contributed by atoms with Gasteiger partial charge in [-0.25, -0.2) is 0 Å². The number of nitrogens with zero attached hydrogens (tertiary/aromatic N) is 2. The molecule has 6 aromatic carbocycles. The lowest BCUT2D eigenvalue weighted by atomic mass is 9.35. The first kappa shape index (κ1) is 41.6. The maximum absolute atomic E-state index is 2.70. The van der Waals surface area contributed by atoms with Crippen LogP contribution in [0.4, 0.5) is 34.1 Å². The van der Waals surface area contributed by atoms with Crippen molar-refractivity contribution in [3.63, 3.8) is 0 Å². The van der Waals surface area contributed by atoms with Crippen molar-refractivity contribution in [2.45, 2.75) is 143 Å². The molecule has 0 fully saturated rings. The predicted molar refractivity (Wildman–Crippen MR) is 280 cm³/mol. The quantitative estimate of drug-likeness (QED) is 0.163. The fourth-order valence-corrected chi connectivity index (χ4v) is 13.4. The number of aryl methyl sites for hydroxylation is 2. The Morgan fingerprint density at radius 2 is 1.09 bits per heavy atom. The van der Waals surface area contributed by atoms with Crippen molar-refractivity contribution in [1.82, 2.24) is 0 Å². The average molecular weight is 857 g/mol. The van der Waals surface area contributed by atoms with Crippen LogP contribution in [0.15, 0.2) is 109 Å². The Balaban J connectivity index is 1.27. The third kappa shape index (κ3) is 6.17. The minimum Gasteiger partial charge on any atom is -0.311 e. The van der Waals surface area contributed by atoms with Crippen molar-refractivity contribution in [2.75, 3.05) is 9.80 Å². The third-order valence-electron chi connectivity index (χ3n) is 16.3. The van der Waals surface area contributed by atoms with Gasteiger partial charge in [0, 0.05) is 43.3 Å². The molecule has 0 amide bonds. The van der Waals surface area contributed by atoms with E-state index in [2.05, 4.69) is 220 Å². The molecule has 0 N–H and O–H groups in total. The highest BCUT2D eigenvalue weighted by Gasteiger charge is 2.49. The molecular formula is C60H65BN2S. The van der Waals surface area contributed by atoms with E-state index in [0.717, 1.165) is 0 Å². The summed E-state index contributed by atoms with van der Waals surface area (Å²) in [5.74, 6) is 0. The molecule has 0 bridgehead atoms. The summed E-state index contributed by atoms with van der Waals surface area (Å²) in [5, 5.41) is 1.40. The van der Waals surface area contributed by atoms with Crippen LogP contribution in [0.2, 0.25) is 0 Å². The van der Waals surface area contributed by atoms with Crippen LogP contribution in [0.25, 0.3) is 21.2 Å². The van der Waals surface area contributed by atoms with E-state index in [4.69, 9.17) is 0 Å². The summed E-state index contributed by atoms with van der Waals surface area (Å²) < 4.78 is 2.88. The average Bonchev–Trinajstić information content (AvgIpc) is 3.62. The lowest BCUT2D eigenvalue weighted by Gasteiger charge is -2.47. The highest BCUT2D eigenvalue weighted by atomic mass is 32.1. The maximum atomic E-state index is 2.70. The second kappa shape index (κ2) is 13.7. The van der Waals surface area contributed by atoms with Gasteiger partial charge >= 0.3 is 0 Å². The standard InChI is InChI=1S/C60H65BN2S/c1-36-29-50-53-51(30-36)63(48-31-39(20-19-37(48)2)38-17-15-14-16-18-38)49-34-45-44(58(8,9)26-27-59(45,10)11)33-47(49)61(53)55-54(62(50)41-23-21-40(22-24-41)56(3,4)5)42-32-43-46(35-52(42)64-55)60(12,13)28-25-57(43,6)7/h14-24,29-35H,25-28H2,1-13H3. The Labute approximate surface area is 387 Å². The molecule has 0 saturated heterocycles. The molecule has 3 heterocycles. The van der Waals surface area contributed by atoms with E-state index in [1.165, 1.54) is 136 Å². The van der Waals surface area contributed by atoms with Crippen molar-refractivity contribution in [2.24, 2.45) is 0 Å². The largest absolute Gasteiger partial charge is 0.311 e. The van der Waals surface area contributed by atoms with E-state index in [9.17, 15) is 0 Å². The molecule has 2 aliphatic carbocycles. The molecule has 0 atom stereocenters. The summed E-state index contributed by atoms with van der Waals surface area (Å²) in [5.41, 5.74) is 23.5. The van der Waals surface area contributed by atoms with Gasteiger partial charge in [-0.15, -0.1) is 11.3 Å². The second-order valence-corrected chi connectivity index (χ2v) is 24.8. The van der Waals surface area contributed by atoms with Gasteiger partial charge in [0.2, 0.25) is 0 Å². The van der Waals surface area contributed by atoms with Gasteiger partial charge in [0.25, 0.3) is 6.71 Å². The highest BCUT2D eigenvalue weighted by Crippen LogP contribution is 2.54. The highest BCUT2D eigenvalue weighted by molar-refractivity contribution is 7.33. The van der Waals surface area contributed by atoms with E-state index in [0.29, 0.717) is 0 Å². The summed E-state index contributed by atoms with van der Waals surface area (Å²) in [7, 11) is 0. The summed E-state index contributed by atoms with van der Waals surface area (Å²) in [6.07, 6.45) is 4.77. The summed E-state index contributed by atoms with van der Waals surface area (Å²) in [4.78, 5) is 5.36. The fraction of sp³-hybridized carbons (Fsp3) is 0.367. The lowest BCUT2D eigenvalue weighted by Crippen LogP contribution is -2.61. The number of fused-ring (bicyclic) bond motifs is 8. The molecule has 0 radical (unpaired) electrons.